The molecule has 0 unspecified atom stereocenters. The van der Waals surface area contributed by atoms with Gasteiger partial charge in [-0.3, -0.25) is 0 Å². The van der Waals surface area contributed by atoms with Gasteiger partial charge in [-0.2, -0.15) is 11.3 Å². The van der Waals surface area contributed by atoms with Gasteiger partial charge in [0.25, 0.3) is 0 Å². The van der Waals surface area contributed by atoms with E-state index < -0.39 is 32.9 Å². The summed E-state index contributed by atoms with van der Waals surface area (Å²) in [4.78, 5) is 13.9. The number of aryl methyl sites for hydroxylation is 2. The maximum absolute atomic E-state index is 14.3. The van der Waals surface area contributed by atoms with Crippen LogP contribution in [-0.4, -0.2) is 28.2 Å². The molecule has 0 aliphatic heterocycles. The molecule has 0 saturated carbocycles. The maximum atomic E-state index is 14.3. The van der Waals surface area contributed by atoms with E-state index >= 15 is 0 Å². The van der Waals surface area contributed by atoms with E-state index in [-0.39, 0.29) is 42.6 Å². The third-order valence-electron chi connectivity index (χ3n) is 7.55. The number of halogens is 1. The Morgan fingerprint density at radius 3 is 2.36 bits per heavy atom. The second-order valence-electron chi connectivity index (χ2n) is 14.0. The van der Waals surface area contributed by atoms with Crippen molar-refractivity contribution in [3.63, 3.8) is 0 Å². The third kappa shape index (κ3) is 8.83. The first-order valence-electron chi connectivity index (χ1n) is 18.8. The van der Waals surface area contributed by atoms with Crippen molar-refractivity contribution >= 4 is 49.3 Å². The SMILES string of the molecule is [2H]C([2H])([2H])c1c[c-]c(-c2cc(C([2H])(C)C)[c]([Ge]([CH3])([CH3])[CH3])cn2)cc1.[2H]C([2H])([2H])c1ccc2c(n1)sc1c(-c3cc(CC(C)(C)C)c(F)cn3)[c-]ccc12.[Ir]. The van der Waals surface area contributed by atoms with Crippen molar-refractivity contribution in [2.75, 3.05) is 0 Å². The van der Waals surface area contributed by atoms with Crippen LogP contribution in [0.5, 0.6) is 0 Å². The van der Waals surface area contributed by atoms with Crippen LogP contribution in [0.15, 0.2) is 67.0 Å². The van der Waals surface area contributed by atoms with Crippen LogP contribution in [-0.2, 0) is 26.5 Å². The van der Waals surface area contributed by atoms with E-state index in [2.05, 4.69) is 65.1 Å². The molecule has 6 aromatic rings. The van der Waals surface area contributed by atoms with Crippen molar-refractivity contribution < 1.29 is 34.1 Å². The van der Waals surface area contributed by atoms with E-state index in [9.17, 15) is 4.39 Å². The minimum Gasteiger partial charge on any atom is -0.302 e. The Bertz CT molecular complexity index is 2270. The summed E-state index contributed by atoms with van der Waals surface area (Å²) < 4.78 is 70.1. The quantitative estimate of drug-likeness (QED) is 0.128. The van der Waals surface area contributed by atoms with Gasteiger partial charge in [-0.25, -0.2) is 9.37 Å². The van der Waals surface area contributed by atoms with Gasteiger partial charge in [0.2, 0.25) is 0 Å². The normalized spacial score (nSPS) is 14.8. The van der Waals surface area contributed by atoms with Gasteiger partial charge in [0.15, 0.2) is 0 Å². The Hall–Kier alpha value is -2.77. The minimum atomic E-state index is -2.25. The first-order valence-corrected chi connectivity index (χ1v) is 23.4. The molecule has 7 heteroatoms. The summed E-state index contributed by atoms with van der Waals surface area (Å²) >= 11 is -0.730. The molecule has 0 atom stereocenters. The number of pyridine rings is 3. The molecule has 0 N–H and O–H groups in total. The van der Waals surface area contributed by atoms with E-state index in [1.165, 1.54) is 28.0 Å². The van der Waals surface area contributed by atoms with Gasteiger partial charge in [-0.1, -0.05) is 38.3 Å². The molecule has 2 aromatic carbocycles. The van der Waals surface area contributed by atoms with Crippen LogP contribution in [0.4, 0.5) is 4.39 Å². The first kappa shape index (κ1) is 28.1. The van der Waals surface area contributed by atoms with Crippen LogP contribution in [0.3, 0.4) is 0 Å². The van der Waals surface area contributed by atoms with E-state index in [0.717, 1.165) is 37.9 Å². The van der Waals surface area contributed by atoms with Gasteiger partial charge in [-0.05, 0) is 46.1 Å². The van der Waals surface area contributed by atoms with Gasteiger partial charge in [0.05, 0.1) is 6.20 Å². The van der Waals surface area contributed by atoms with Gasteiger partial charge >= 0.3 is 131 Å². The summed E-state index contributed by atoms with van der Waals surface area (Å²) in [5, 5.41) is 1.86. The van der Waals surface area contributed by atoms with Gasteiger partial charge in [-0.15, -0.1) is 23.8 Å². The molecule has 0 aliphatic carbocycles. The Kier molecular flexibility index (Phi) is 8.84. The maximum Gasteiger partial charge on any atom is 0.142 e. The molecular weight excluding hydrogens is 838 g/mol. The molecule has 0 bridgehead atoms. The summed E-state index contributed by atoms with van der Waals surface area (Å²) in [6.07, 6.45) is 3.77. The van der Waals surface area contributed by atoms with E-state index in [1.54, 1.807) is 30.3 Å². The molecule has 6 rings (SSSR count). The van der Waals surface area contributed by atoms with Crippen molar-refractivity contribution in [2.24, 2.45) is 5.41 Å². The van der Waals surface area contributed by atoms with Gasteiger partial charge in [0, 0.05) is 29.9 Å². The minimum absolute atomic E-state index is 0. The average molecular weight is 890 g/mol. The predicted molar refractivity (Wildman–Crippen MR) is 197 cm³/mol. The second-order valence-corrected chi connectivity index (χ2v) is 25.6. The summed E-state index contributed by atoms with van der Waals surface area (Å²) in [6.45, 7) is 5.62. The standard InChI is InChI=1S/C22H20FN2S.C18H24GeN.Ir/c1-13-8-9-16-15-6-5-7-17(20(15)26-21(16)25-13)19-10-14(11-22(2,3)4)18(23)12-24-19;1-13(2)16-11-18(15-9-7-14(3)8-10-15)20-12-17(16)19(4,5)6;/h5-6,8-10,12H,11H2,1-4H3;7-9,11-13H,1-6H3;/q2*-1;/i1D3;3D3,13D;. The van der Waals surface area contributed by atoms with Gasteiger partial charge < -0.3 is 4.98 Å². The van der Waals surface area contributed by atoms with Crippen LogP contribution in [0.2, 0.25) is 17.3 Å². The zero-order valence-corrected chi connectivity index (χ0v) is 33.3. The summed E-state index contributed by atoms with van der Waals surface area (Å²) in [5.41, 5.74) is 4.84. The van der Waals surface area contributed by atoms with Crippen LogP contribution >= 0.6 is 11.3 Å². The fourth-order valence-corrected chi connectivity index (χ4v) is 9.83. The molecular formula is C40H44FGeIrN3S-2. The number of aromatic nitrogens is 3. The van der Waals surface area contributed by atoms with Crippen LogP contribution in [0.25, 0.3) is 42.8 Å². The van der Waals surface area contributed by atoms with Crippen molar-refractivity contribution in [1.82, 2.24) is 15.0 Å². The number of thiophene rings is 1. The second kappa shape index (κ2) is 14.8. The molecule has 247 valence electrons. The largest absolute Gasteiger partial charge is 0.302 e. The smallest absolute Gasteiger partial charge is 0.142 e. The van der Waals surface area contributed by atoms with Crippen LogP contribution < -0.4 is 4.40 Å². The summed E-state index contributed by atoms with van der Waals surface area (Å²) in [7, 11) is 0. The molecule has 47 heavy (non-hydrogen) atoms. The average Bonchev–Trinajstić information content (AvgIpc) is 3.42. The van der Waals surface area contributed by atoms with Gasteiger partial charge in [0.1, 0.15) is 10.6 Å². The molecule has 0 aliphatic rings. The number of hydrogen-bond donors (Lipinski definition) is 0. The Morgan fingerprint density at radius 2 is 1.72 bits per heavy atom. The number of benzene rings is 2. The van der Waals surface area contributed by atoms with E-state index in [4.69, 9.17) is 9.60 Å². The number of nitrogens with zero attached hydrogens (tertiary/aromatic N) is 3. The molecule has 1 radical (unpaired) electrons. The van der Waals surface area contributed by atoms with E-state index in [0.29, 0.717) is 22.5 Å². The number of hydrogen-bond acceptors (Lipinski definition) is 4. The van der Waals surface area contributed by atoms with Crippen molar-refractivity contribution in [3.05, 3.63) is 107 Å². The summed E-state index contributed by atoms with van der Waals surface area (Å²) in [6, 6.07) is 22.0. The Morgan fingerprint density at radius 1 is 0.957 bits per heavy atom. The van der Waals surface area contributed by atoms with Crippen molar-refractivity contribution in [1.29, 1.82) is 0 Å². The topological polar surface area (TPSA) is 38.7 Å². The number of fused-ring (bicyclic) bond motifs is 3. The molecule has 4 heterocycles. The Balaban J connectivity index is 0.000000241. The van der Waals surface area contributed by atoms with Crippen LogP contribution in [0.1, 0.15) is 72.5 Å². The zero-order valence-electron chi connectivity index (χ0n) is 35.0. The van der Waals surface area contributed by atoms with E-state index in [1.807, 2.05) is 38.2 Å². The first-order chi connectivity index (χ1) is 24.3. The molecule has 3 nitrogen and oxygen atoms in total. The van der Waals surface area contributed by atoms with Crippen molar-refractivity contribution in [2.45, 2.75) is 77.9 Å². The molecule has 0 fully saturated rings. The van der Waals surface area contributed by atoms with Crippen molar-refractivity contribution in [3.8, 4) is 22.5 Å². The molecule has 0 saturated heterocycles. The predicted octanol–water partition coefficient (Wildman–Crippen LogP) is 10.9. The van der Waals surface area contributed by atoms with Crippen LogP contribution in [0, 0.1) is 37.1 Å². The molecule has 0 amide bonds. The summed E-state index contributed by atoms with van der Waals surface area (Å²) in [5.74, 6) is 5.87. The number of rotatable bonds is 5. The molecule has 4 aromatic heterocycles. The molecule has 0 spiro atoms. The third-order valence-corrected chi connectivity index (χ3v) is 12.9. The zero-order chi connectivity index (χ0) is 39.3. The Labute approximate surface area is 310 Å². The fraction of sp³-hybridized carbons (Fsp3) is 0.325. The fourth-order valence-electron chi connectivity index (χ4n) is 5.33. The monoisotopic (exact) mass is 891 g/mol.